The van der Waals surface area contributed by atoms with Crippen molar-refractivity contribution >= 4 is 29.2 Å². The smallest absolute Gasteiger partial charge is 0.254 e. The molecule has 1 aromatic heterocycles. The zero-order chi connectivity index (χ0) is 13.1. The van der Waals surface area contributed by atoms with Gasteiger partial charge in [-0.05, 0) is 19.8 Å². The second kappa shape index (κ2) is 5.35. The molecule has 0 atom stereocenters. The van der Waals surface area contributed by atoms with E-state index in [1.165, 1.54) is 12.3 Å². The van der Waals surface area contributed by atoms with E-state index in [1.807, 2.05) is 6.92 Å². The first kappa shape index (κ1) is 12.8. The number of pyridine rings is 1. The summed E-state index contributed by atoms with van der Waals surface area (Å²) in [5.41, 5.74) is 0.308. The lowest BCUT2D eigenvalue weighted by atomic mass is 10.2. The Morgan fingerprint density at radius 3 is 2.78 bits per heavy atom. The van der Waals surface area contributed by atoms with Crippen molar-refractivity contribution in [2.45, 2.75) is 19.8 Å². The minimum absolute atomic E-state index is 0.0377. The van der Waals surface area contributed by atoms with Crippen LogP contribution in [0.1, 0.15) is 30.1 Å². The molecule has 0 radical (unpaired) electrons. The van der Waals surface area contributed by atoms with Crippen molar-refractivity contribution in [1.82, 2.24) is 10.3 Å². The first-order chi connectivity index (χ1) is 8.61. The predicted octanol–water partition coefficient (Wildman–Crippen LogP) is 1.83. The molecule has 2 rings (SSSR count). The molecular formula is C12H14ClN3O2. The van der Waals surface area contributed by atoms with E-state index in [9.17, 15) is 9.59 Å². The zero-order valence-corrected chi connectivity index (χ0v) is 10.8. The van der Waals surface area contributed by atoms with Gasteiger partial charge in [-0.25, -0.2) is 4.98 Å². The lowest BCUT2D eigenvalue weighted by molar-refractivity contribution is -0.117. The monoisotopic (exact) mass is 267 g/mol. The first-order valence-electron chi connectivity index (χ1n) is 5.86. The van der Waals surface area contributed by atoms with Crippen LogP contribution in [-0.2, 0) is 4.79 Å². The predicted molar refractivity (Wildman–Crippen MR) is 68.6 cm³/mol. The summed E-state index contributed by atoms with van der Waals surface area (Å²) in [5.74, 6) is 0.179. The Balaban J connectivity index is 2.08. The van der Waals surface area contributed by atoms with Crippen molar-refractivity contribution in [1.29, 1.82) is 0 Å². The summed E-state index contributed by atoms with van der Waals surface area (Å²) >= 11 is 5.99. The molecule has 0 spiro atoms. The summed E-state index contributed by atoms with van der Waals surface area (Å²) < 4.78 is 0. The van der Waals surface area contributed by atoms with Crippen LogP contribution < -0.4 is 10.6 Å². The van der Waals surface area contributed by atoms with Crippen molar-refractivity contribution in [2.75, 3.05) is 11.9 Å². The van der Waals surface area contributed by atoms with Crippen molar-refractivity contribution in [3.8, 4) is 0 Å². The van der Waals surface area contributed by atoms with Gasteiger partial charge in [0.05, 0.1) is 10.6 Å². The highest BCUT2D eigenvalue weighted by Crippen LogP contribution is 2.30. The lowest BCUT2D eigenvalue weighted by Crippen LogP contribution is -2.23. The number of anilines is 1. The van der Waals surface area contributed by atoms with Crippen molar-refractivity contribution in [3.63, 3.8) is 0 Å². The Morgan fingerprint density at radius 2 is 2.22 bits per heavy atom. The number of halogens is 1. The third-order valence-corrected chi connectivity index (χ3v) is 2.95. The van der Waals surface area contributed by atoms with Gasteiger partial charge >= 0.3 is 0 Å². The number of nitrogens with one attached hydrogen (secondary N) is 2. The van der Waals surface area contributed by atoms with Crippen LogP contribution in [0.4, 0.5) is 5.82 Å². The molecule has 1 aliphatic carbocycles. The Labute approximate surface area is 110 Å². The van der Waals surface area contributed by atoms with E-state index in [4.69, 9.17) is 11.6 Å². The van der Waals surface area contributed by atoms with Gasteiger partial charge < -0.3 is 10.6 Å². The summed E-state index contributed by atoms with van der Waals surface area (Å²) in [4.78, 5) is 27.1. The van der Waals surface area contributed by atoms with E-state index in [-0.39, 0.29) is 22.8 Å². The molecule has 5 nitrogen and oxygen atoms in total. The van der Waals surface area contributed by atoms with Gasteiger partial charge in [-0.15, -0.1) is 0 Å². The molecule has 2 N–H and O–H groups in total. The molecule has 96 valence electrons. The van der Waals surface area contributed by atoms with Gasteiger partial charge in [0.25, 0.3) is 5.91 Å². The zero-order valence-electron chi connectivity index (χ0n) is 10.00. The van der Waals surface area contributed by atoms with Gasteiger partial charge in [-0.1, -0.05) is 11.6 Å². The molecule has 0 aliphatic heterocycles. The van der Waals surface area contributed by atoms with E-state index in [0.29, 0.717) is 17.9 Å². The fourth-order valence-corrected chi connectivity index (χ4v) is 1.73. The second-order valence-corrected chi connectivity index (χ2v) is 4.58. The molecule has 1 aromatic rings. The van der Waals surface area contributed by atoms with Gasteiger partial charge in [-0.2, -0.15) is 0 Å². The average molecular weight is 268 g/mol. The fraction of sp³-hybridized carbons (Fsp3) is 0.417. The number of rotatable bonds is 4. The van der Waals surface area contributed by atoms with Crippen LogP contribution in [0, 0.1) is 5.92 Å². The number of aromatic nitrogens is 1. The largest absolute Gasteiger partial charge is 0.352 e. The Bertz CT molecular complexity index is 486. The van der Waals surface area contributed by atoms with E-state index in [0.717, 1.165) is 12.8 Å². The van der Waals surface area contributed by atoms with Crippen LogP contribution in [0.5, 0.6) is 0 Å². The maximum absolute atomic E-state index is 11.6. The summed E-state index contributed by atoms with van der Waals surface area (Å²) in [7, 11) is 0. The Morgan fingerprint density at radius 1 is 1.50 bits per heavy atom. The number of carbonyl (C=O) groups excluding carboxylic acids is 2. The number of nitrogens with zero attached hydrogens (tertiary/aromatic N) is 1. The average Bonchev–Trinajstić information content (AvgIpc) is 3.13. The molecule has 2 amide bonds. The molecular weight excluding hydrogens is 254 g/mol. The Kier molecular flexibility index (Phi) is 3.81. The van der Waals surface area contributed by atoms with Crippen LogP contribution in [0.2, 0.25) is 5.02 Å². The highest BCUT2D eigenvalue weighted by atomic mass is 35.5. The quantitative estimate of drug-likeness (QED) is 0.874. The van der Waals surface area contributed by atoms with E-state index in [1.54, 1.807) is 0 Å². The maximum Gasteiger partial charge on any atom is 0.254 e. The summed E-state index contributed by atoms with van der Waals surface area (Å²) in [5, 5.41) is 5.60. The summed E-state index contributed by atoms with van der Waals surface area (Å²) in [6.45, 7) is 2.35. The SMILES string of the molecule is CCNC(=O)c1cnc(NC(=O)C2CC2)cc1Cl. The van der Waals surface area contributed by atoms with Crippen LogP contribution in [0.25, 0.3) is 0 Å². The van der Waals surface area contributed by atoms with E-state index in [2.05, 4.69) is 15.6 Å². The van der Waals surface area contributed by atoms with Gasteiger partial charge in [0, 0.05) is 24.7 Å². The van der Waals surface area contributed by atoms with Crippen LogP contribution in [0.15, 0.2) is 12.3 Å². The molecule has 6 heteroatoms. The molecule has 1 saturated carbocycles. The molecule has 0 aromatic carbocycles. The summed E-state index contributed by atoms with van der Waals surface area (Å²) in [6, 6.07) is 1.49. The molecule has 1 aliphatic rings. The van der Waals surface area contributed by atoms with Gasteiger partial charge in [0.15, 0.2) is 0 Å². The van der Waals surface area contributed by atoms with Crippen molar-refractivity contribution < 1.29 is 9.59 Å². The van der Waals surface area contributed by atoms with Gasteiger partial charge in [-0.3, -0.25) is 9.59 Å². The number of hydrogen-bond acceptors (Lipinski definition) is 3. The number of carbonyl (C=O) groups is 2. The lowest BCUT2D eigenvalue weighted by Gasteiger charge is -2.07. The van der Waals surface area contributed by atoms with Crippen molar-refractivity contribution in [2.24, 2.45) is 5.92 Å². The van der Waals surface area contributed by atoms with Gasteiger partial charge in [0.1, 0.15) is 5.82 Å². The highest BCUT2D eigenvalue weighted by Gasteiger charge is 2.29. The third-order valence-electron chi connectivity index (χ3n) is 2.63. The third kappa shape index (κ3) is 2.98. The molecule has 0 unspecified atom stereocenters. The number of amides is 2. The Hall–Kier alpha value is -1.62. The molecule has 1 heterocycles. The highest BCUT2D eigenvalue weighted by molar-refractivity contribution is 6.34. The van der Waals surface area contributed by atoms with Crippen LogP contribution in [0.3, 0.4) is 0 Å². The second-order valence-electron chi connectivity index (χ2n) is 4.17. The normalized spacial score (nSPS) is 14.1. The standard InChI is InChI=1S/C12H14ClN3O2/c1-2-14-12(18)8-6-15-10(5-9(8)13)16-11(17)7-3-4-7/h5-7H,2-4H2,1H3,(H,14,18)(H,15,16,17). The first-order valence-corrected chi connectivity index (χ1v) is 6.24. The maximum atomic E-state index is 11.6. The van der Waals surface area contributed by atoms with Crippen LogP contribution >= 0.6 is 11.6 Å². The fourth-order valence-electron chi connectivity index (χ4n) is 1.50. The molecule has 0 saturated heterocycles. The topological polar surface area (TPSA) is 71.1 Å². The summed E-state index contributed by atoms with van der Waals surface area (Å²) in [6.07, 6.45) is 3.23. The van der Waals surface area contributed by atoms with E-state index < -0.39 is 0 Å². The molecule has 18 heavy (non-hydrogen) atoms. The van der Waals surface area contributed by atoms with Crippen molar-refractivity contribution in [3.05, 3.63) is 22.8 Å². The molecule has 0 bridgehead atoms. The minimum atomic E-state index is -0.268. The number of hydrogen-bond donors (Lipinski definition) is 2. The minimum Gasteiger partial charge on any atom is -0.352 e. The molecule has 1 fully saturated rings. The van der Waals surface area contributed by atoms with Gasteiger partial charge in [0.2, 0.25) is 5.91 Å². The van der Waals surface area contributed by atoms with Crippen LogP contribution in [-0.4, -0.2) is 23.3 Å². The van der Waals surface area contributed by atoms with E-state index >= 15 is 0 Å².